The summed E-state index contributed by atoms with van der Waals surface area (Å²) in [5.41, 5.74) is 1.88. The maximum atomic E-state index is 9.48. The van der Waals surface area contributed by atoms with Gasteiger partial charge in [0.25, 0.3) is 0 Å². The van der Waals surface area contributed by atoms with Crippen LogP contribution in [0.1, 0.15) is 25.0 Å². The minimum Gasteiger partial charge on any atom is -0.389 e. The number of benzene rings is 1. The zero-order valence-corrected chi connectivity index (χ0v) is 12.2. The van der Waals surface area contributed by atoms with E-state index in [9.17, 15) is 5.11 Å². The van der Waals surface area contributed by atoms with Crippen molar-refractivity contribution in [1.82, 2.24) is 0 Å². The van der Waals surface area contributed by atoms with E-state index < -0.39 is 6.10 Å². The molecule has 0 fully saturated rings. The van der Waals surface area contributed by atoms with Crippen molar-refractivity contribution in [3.8, 4) is 0 Å². The lowest BCUT2D eigenvalue weighted by Crippen LogP contribution is -2.19. The molecule has 17 heavy (non-hydrogen) atoms. The van der Waals surface area contributed by atoms with Crippen LogP contribution in [0.5, 0.6) is 0 Å². The molecule has 1 rings (SSSR count). The molecular formula is C13H20ClNOS. The minimum atomic E-state index is -0.469. The Morgan fingerprint density at radius 2 is 2.18 bits per heavy atom. The van der Waals surface area contributed by atoms with Crippen molar-refractivity contribution >= 4 is 29.1 Å². The van der Waals surface area contributed by atoms with E-state index in [1.807, 2.05) is 37.0 Å². The Bertz CT molecular complexity index is 357. The highest BCUT2D eigenvalue weighted by molar-refractivity contribution is 7.98. The van der Waals surface area contributed by atoms with Crippen LogP contribution in [0.2, 0.25) is 5.02 Å². The third-order valence-electron chi connectivity index (χ3n) is 2.71. The van der Waals surface area contributed by atoms with Crippen molar-refractivity contribution in [3.63, 3.8) is 0 Å². The van der Waals surface area contributed by atoms with Gasteiger partial charge in [0.15, 0.2) is 0 Å². The summed E-state index contributed by atoms with van der Waals surface area (Å²) >= 11 is 8.08. The Hall–Kier alpha value is -0.380. The van der Waals surface area contributed by atoms with Gasteiger partial charge in [-0.25, -0.2) is 0 Å². The van der Waals surface area contributed by atoms with Crippen LogP contribution in [0.15, 0.2) is 18.2 Å². The monoisotopic (exact) mass is 273 g/mol. The molecule has 0 aliphatic carbocycles. The molecule has 0 aromatic heterocycles. The van der Waals surface area contributed by atoms with Gasteiger partial charge >= 0.3 is 0 Å². The zero-order valence-electron chi connectivity index (χ0n) is 10.6. The van der Waals surface area contributed by atoms with Gasteiger partial charge in [-0.05, 0) is 43.0 Å². The number of aliphatic hydroxyl groups is 1. The third kappa shape index (κ3) is 4.41. The number of thioether (sulfide) groups is 1. The van der Waals surface area contributed by atoms with Gasteiger partial charge in [-0.2, -0.15) is 11.8 Å². The van der Waals surface area contributed by atoms with Crippen LogP contribution in [0, 0.1) is 0 Å². The molecular weight excluding hydrogens is 254 g/mol. The second-order valence-corrected chi connectivity index (χ2v) is 5.55. The third-order valence-corrected chi connectivity index (χ3v) is 3.71. The molecule has 1 atom stereocenters. The fourth-order valence-electron chi connectivity index (χ4n) is 1.66. The molecule has 1 aromatic rings. The summed E-state index contributed by atoms with van der Waals surface area (Å²) < 4.78 is 0. The Morgan fingerprint density at radius 3 is 2.71 bits per heavy atom. The highest BCUT2D eigenvalue weighted by Crippen LogP contribution is 2.28. The molecule has 0 radical (unpaired) electrons. The predicted octanol–water partition coefficient (Wildman–Crippen LogP) is 3.58. The highest BCUT2D eigenvalue weighted by Gasteiger charge is 2.08. The van der Waals surface area contributed by atoms with Crippen molar-refractivity contribution < 1.29 is 5.11 Å². The van der Waals surface area contributed by atoms with Crippen LogP contribution >= 0.6 is 23.4 Å². The van der Waals surface area contributed by atoms with Crippen molar-refractivity contribution in [2.24, 2.45) is 0 Å². The first kappa shape index (κ1) is 14.7. The van der Waals surface area contributed by atoms with Crippen LogP contribution in [0.4, 0.5) is 5.69 Å². The van der Waals surface area contributed by atoms with E-state index in [1.54, 1.807) is 6.92 Å². The maximum absolute atomic E-state index is 9.48. The van der Waals surface area contributed by atoms with E-state index in [0.717, 1.165) is 30.0 Å². The van der Waals surface area contributed by atoms with Crippen LogP contribution < -0.4 is 4.90 Å². The number of nitrogens with zero attached hydrogens (tertiary/aromatic N) is 1. The lowest BCUT2D eigenvalue weighted by Gasteiger charge is -2.21. The molecule has 4 heteroatoms. The quantitative estimate of drug-likeness (QED) is 0.802. The van der Waals surface area contributed by atoms with Crippen molar-refractivity contribution in [3.05, 3.63) is 28.8 Å². The molecule has 0 spiro atoms. The summed E-state index contributed by atoms with van der Waals surface area (Å²) in [6, 6.07) is 5.74. The summed E-state index contributed by atoms with van der Waals surface area (Å²) in [4.78, 5) is 2.16. The number of hydrogen-bond acceptors (Lipinski definition) is 3. The fraction of sp³-hybridized carbons (Fsp3) is 0.538. The number of anilines is 1. The number of rotatable bonds is 6. The summed E-state index contributed by atoms with van der Waals surface area (Å²) in [5.74, 6) is 1.16. The van der Waals surface area contributed by atoms with E-state index >= 15 is 0 Å². The first-order valence-electron chi connectivity index (χ1n) is 5.74. The molecule has 0 unspecified atom stereocenters. The second kappa shape index (κ2) is 7.14. The summed E-state index contributed by atoms with van der Waals surface area (Å²) in [5, 5.41) is 10.2. The topological polar surface area (TPSA) is 23.5 Å². The second-order valence-electron chi connectivity index (χ2n) is 4.15. The van der Waals surface area contributed by atoms with Crippen molar-refractivity contribution in [2.45, 2.75) is 19.4 Å². The van der Waals surface area contributed by atoms with Gasteiger partial charge in [-0.15, -0.1) is 0 Å². The Balaban J connectivity index is 2.70. The Labute approximate surface area is 113 Å². The molecule has 0 aliphatic rings. The molecule has 1 aromatic carbocycles. The SMILES string of the molecule is CSCCCN(C)c1ccc([C@@H](C)O)cc1Cl. The van der Waals surface area contributed by atoms with Gasteiger partial charge in [0.05, 0.1) is 16.8 Å². The van der Waals surface area contributed by atoms with Crippen molar-refractivity contribution in [2.75, 3.05) is 30.5 Å². The first-order valence-corrected chi connectivity index (χ1v) is 7.51. The van der Waals surface area contributed by atoms with Crippen molar-refractivity contribution in [1.29, 1.82) is 0 Å². The van der Waals surface area contributed by atoms with E-state index in [1.165, 1.54) is 0 Å². The van der Waals surface area contributed by atoms with E-state index in [2.05, 4.69) is 11.2 Å². The molecule has 0 aliphatic heterocycles. The summed E-state index contributed by atoms with van der Waals surface area (Å²) in [6.07, 6.45) is 2.79. The van der Waals surface area contributed by atoms with E-state index in [-0.39, 0.29) is 0 Å². The summed E-state index contributed by atoms with van der Waals surface area (Å²) in [6.45, 7) is 2.74. The average Bonchev–Trinajstić information content (AvgIpc) is 2.28. The number of aliphatic hydroxyl groups excluding tert-OH is 1. The fourth-order valence-corrected chi connectivity index (χ4v) is 2.41. The zero-order chi connectivity index (χ0) is 12.8. The number of hydrogen-bond donors (Lipinski definition) is 1. The largest absolute Gasteiger partial charge is 0.389 e. The molecule has 0 bridgehead atoms. The normalized spacial score (nSPS) is 12.5. The van der Waals surface area contributed by atoms with Crippen LogP contribution in [-0.4, -0.2) is 30.7 Å². The van der Waals surface area contributed by atoms with Crippen LogP contribution in [0.25, 0.3) is 0 Å². The molecule has 0 saturated heterocycles. The minimum absolute atomic E-state index is 0.469. The van der Waals surface area contributed by atoms with Gasteiger partial charge in [0.2, 0.25) is 0 Å². The standard InChI is InChI=1S/C13H20ClNOS/c1-10(16)11-5-6-13(12(14)9-11)15(2)7-4-8-17-3/h5-6,9-10,16H,4,7-8H2,1-3H3/t10-/m1/s1. The van der Waals surface area contributed by atoms with Crippen LogP contribution in [-0.2, 0) is 0 Å². The highest BCUT2D eigenvalue weighted by atomic mass is 35.5. The van der Waals surface area contributed by atoms with Gasteiger partial charge in [0, 0.05) is 13.6 Å². The Morgan fingerprint density at radius 1 is 1.47 bits per heavy atom. The van der Waals surface area contributed by atoms with Gasteiger partial charge in [-0.3, -0.25) is 0 Å². The molecule has 0 amide bonds. The lowest BCUT2D eigenvalue weighted by atomic mass is 10.1. The molecule has 0 saturated carbocycles. The lowest BCUT2D eigenvalue weighted by molar-refractivity contribution is 0.199. The maximum Gasteiger partial charge on any atom is 0.0762 e. The molecule has 0 heterocycles. The van der Waals surface area contributed by atoms with Crippen LogP contribution in [0.3, 0.4) is 0 Å². The number of halogens is 1. The molecule has 1 N–H and O–H groups in total. The summed E-state index contributed by atoms with van der Waals surface area (Å²) in [7, 11) is 2.05. The van der Waals surface area contributed by atoms with Gasteiger partial charge in [-0.1, -0.05) is 17.7 Å². The Kier molecular flexibility index (Phi) is 6.17. The molecule has 96 valence electrons. The average molecular weight is 274 g/mol. The van der Waals surface area contributed by atoms with E-state index in [4.69, 9.17) is 11.6 Å². The van der Waals surface area contributed by atoms with Gasteiger partial charge in [0.1, 0.15) is 0 Å². The predicted molar refractivity (Wildman–Crippen MR) is 78.4 cm³/mol. The smallest absolute Gasteiger partial charge is 0.0762 e. The molecule has 2 nitrogen and oxygen atoms in total. The van der Waals surface area contributed by atoms with Gasteiger partial charge < -0.3 is 10.0 Å². The van der Waals surface area contributed by atoms with E-state index in [0.29, 0.717) is 5.02 Å². The first-order chi connectivity index (χ1) is 8.06.